The number of benzene rings is 2. The van der Waals surface area contributed by atoms with Crippen LogP contribution in [0.2, 0.25) is 0 Å². The van der Waals surface area contributed by atoms with Crippen molar-refractivity contribution >= 4 is 44.9 Å². The van der Waals surface area contributed by atoms with E-state index in [-0.39, 0.29) is 11.7 Å². The minimum absolute atomic E-state index is 0.268. The van der Waals surface area contributed by atoms with Crippen LogP contribution in [0.4, 0.5) is 10.1 Å². The minimum atomic E-state index is -0.364. The van der Waals surface area contributed by atoms with Crippen molar-refractivity contribution in [2.24, 2.45) is 0 Å². The van der Waals surface area contributed by atoms with Crippen molar-refractivity contribution in [3.63, 3.8) is 0 Å². The number of rotatable bonds is 5. The van der Waals surface area contributed by atoms with Gasteiger partial charge in [0.25, 0.3) is 5.91 Å². The molecule has 1 aromatic heterocycles. The van der Waals surface area contributed by atoms with E-state index in [0.29, 0.717) is 11.3 Å². The third-order valence-electron chi connectivity index (χ3n) is 3.06. The third kappa shape index (κ3) is 3.78. The highest BCUT2D eigenvalue weighted by Crippen LogP contribution is 2.31. The lowest BCUT2D eigenvalue weighted by molar-refractivity contribution is 0.102. The van der Waals surface area contributed by atoms with Gasteiger partial charge in [-0.15, -0.1) is 17.9 Å². The number of halogens is 1. The van der Waals surface area contributed by atoms with E-state index in [1.54, 1.807) is 23.1 Å². The van der Waals surface area contributed by atoms with Gasteiger partial charge in [0.05, 0.1) is 10.2 Å². The van der Waals surface area contributed by atoms with E-state index >= 15 is 0 Å². The zero-order chi connectivity index (χ0) is 16.2. The number of aromatic nitrogens is 1. The Bertz CT molecular complexity index is 859. The second kappa shape index (κ2) is 6.93. The van der Waals surface area contributed by atoms with Gasteiger partial charge < -0.3 is 5.32 Å². The summed E-state index contributed by atoms with van der Waals surface area (Å²) in [7, 11) is 0. The molecule has 0 unspecified atom stereocenters. The molecule has 1 amide bonds. The van der Waals surface area contributed by atoms with Gasteiger partial charge in [0, 0.05) is 17.0 Å². The number of amides is 1. The number of thiazole rings is 1. The molecule has 2 aromatic carbocycles. The number of nitrogens with zero attached hydrogens (tertiary/aromatic N) is 1. The van der Waals surface area contributed by atoms with Gasteiger partial charge in [-0.05, 0) is 42.5 Å². The van der Waals surface area contributed by atoms with Gasteiger partial charge in [-0.2, -0.15) is 0 Å². The maximum Gasteiger partial charge on any atom is 0.255 e. The quantitative estimate of drug-likeness (QED) is 0.525. The molecule has 0 fully saturated rings. The average molecular weight is 344 g/mol. The van der Waals surface area contributed by atoms with Gasteiger partial charge in [0.15, 0.2) is 4.34 Å². The van der Waals surface area contributed by atoms with Gasteiger partial charge >= 0.3 is 0 Å². The summed E-state index contributed by atoms with van der Waals surface area (Å²) in [6.07, 6.45) is 1.84. The molecule has 116 valence electrons. The van der Waals surface area contributed by atoms with E-state index in [9.17, 15) is 9.18 Å². The van der Waals surface area contributed by atoms with E-state index in [0.717, 1.165) is 20.3 Å². The summed E-state index contributed by atoms with van der Waals surface area (Å²) < 4.78 is 14.9. The van der Waals surface area contributed by atoms with Crippen molar-refractivity contribution in [2.45, 2.75) is 4.34 Å². The van der Waals surface area contributed by atoms with Gasteiger partial charge in [-0.25, -0.2) is 9.37 Å². The summed E-state index contributed by atoms with van der Waals surface area (Å²) in [6, 6.07) is 11.0. The Morgan fingerprint density at radius 3 is 2.83 bits per heavy atom. The van der Waals surface area contributed by atoms with Gasteiger partial charge in [-0.1, -0.05) is 17.8 Å². The lowest BCUT2D eigenvalue weighted by atomic mass is 10.2. The average Bonchev–Trinajstić information content (AvgIpc) is 2.95. The molecule has 0 bridgehead atoms. The highest BCUT2D eigenvalue weighted by atomic mass is 32.2. The van der Waals surface area contributed by atoms with Crippen molar-refractivity contribution in [1.82, 2.24) is 4.98 Å². The van der Waals surface area contributed by atoms with Crippen LogP contribution in [0, 0.1) is 5.82 Å². The Hall–Kier alpha value is -2.18. The number of fused-ring (bicyclic) bond motifs is 1. The maximum absolute atomic E-state index is 12.9. The van der Waals surface area contributed by atoms with E-state index in [4.69, 9.17) is 0 Å². The van der Waals surface area contributed by atoms with E-state index in [1.807, 2.05) is 24.3 Å². The van der Waals surface area contributed by atoms with Crippen molar-refractivity contribution in [2.75, 3.05) is 11.1 Å². The smallest absolute Gasteiger partial charge is 0.255 e. The summed E-state index contributed by atoms with van der Waals surface area (Å²) in [5.41, 5.74) is 2.01. The van der Waals surface area contributed by atoms with Gasteiger partial charge in [-0.3, -0.25) is 4.79 Å². The van der Waals surface area contributed by atoms with Crippen molar-refractivity contribution in [1.29, 1.82) is 0 Å². The van der Waals surface area contributed by atoms with Crippen molar-refractivity contribution < 1.29 is 9.18 Å². The number of hydrogen-bond acceptors (Lipinski definition) is 4. The zero-order valence-corrected chi connectivity index (χ0v) is 13.7. The Balaban J connectivity index is 1.78. The normalized spacial score (nSPS) is 10.7. The molecule has 1 heterocycles. The molecule has 0 aliphatic rings. The van der Waals surface area contributed by atoms with Crippen LogP contribution >= 0.6 is 23.1 Å². The van der Waals surface area contributed by atoms with Crippen LogP contribution < -0.4 is 5.32 Å². The van der Waals surface area contributed by atoms with Crippen LogP contribution in [0.15, 0.2) is 59.5 Å². The summed E-state index contributed by atoms with van der Waals surface area (Å²) in [5.74, 6) is 0.181. The van der Waals surface area contributed by atoms with E-state index in [2.05, 4.69) is 16.9 Å². The molecule has 0 saturated carbocycles. The first-order valence-corrected chi connectivity index (χ1v) is 8.67. The molecular weight excluding hydrogens is 331 g/mol. The molecular formula is C17H13FN2OS2. The summed E-state index contributed by atoms with van der Waals surface area (Å²) in [6.45, 7) is 3.70. The SMILES string of the molecule is C=CCSc1nc2ccc(NC(=O)c3ccc(F)cc3)cc2s1. The Morgan fingerprint density at radius 2 is 2.09 bits per heavy atom. The summed E-state index contributed by atoms with van der Waals surface area (Å²) in [4.78, 5) is 16.7. The lowest BCUT2D eigenvalue weighted by Gasteiger charge is -2.05. The highest BCUT2D eigenvalue weighted by molar-refractivity contribution is 8.01. The van der Waals surface area contributed by atoms with Gasteiger partial charge in [0.2, 0.25) is 0 Å². The molecule has 0 radical (unpaired) electrons. The number of carbonyl (C=O) groups is 1. The number of carbonyl (C=O) groups excluding carboxylic acids is 1. The molecule has 0 aliphatic carbocycles. The number of anilines is 1. The Kier molecular flexibility index (Phi) is 4.73. The number of hydrogen-bond donors (Lipinski definition) is 1. The lowest BCUT2D eigenvalue weighted by Crippen LogP contribution is -2.11. The predicted molar refractivity (Wildman–Crippen MR) is 94.9 cm³/mol. The first kappa shape index (κ1) is 15.7. The molecule has 6 heteroatoms. The Labute approximate surface area is 141 Å². The number of thioether (sulfide) groups is 1. The fraction of sp³-hybridized carbons (Fsp3) is 0.0588. The first-order chi connectivity index (χ1) is 11.2. The van der Waals surface area contributed by atoms with Crippen LogP contribution in [0.1, 0.15) is 10.4 Å². The molecule has 1 N–H and O–H groups in total. The molecule has 23 heavy (non-hydrogen) atoms. The molecule has 3 nitrogen and oxygen atoms in total. The summed E-state index contributed by atoms with van der Waals surface area (Å²) in [5, 5.41) is 2.82. The molecule has 0 spiro atoms. The molecule has 0 saturated heterocycles. The zero-order valence-electron chi connectivity index (χ0n) is 12.1. The summed E-state index contributed by atoms with van der Waals surface area (Å²) >= 11 is 3.21. The fourth-order valence-corrected chi connectivity index (χ4v) is 3.85. The fourth-order valence-electron chi connectivity index (χ4n) is 1.98. The van der Waals surface area contributed by atoms with Crippen LogP contribution in [0.25, 0.3) is 10.2 Å². The van der Waals surface area contributed by atoms with Gasteiger partial charge in [0.1, 0.15) is 5.82 Å². The minimum Gasteiger partial charge on any atom is -0.322 e. The number of nitrogens with one attached hydrogen (secondary N) is 1. The standard InChI is InChI=1S/C17H13FN2OS2/c1-2-9-22-17-20-14-8-7-13(10-15(14)23-17)19-16(21)11-3-5-12(18)6-4-11/h2-8,10H,1,9H2,(H,19,21). The monoisotopic (exact) mass is 344 g/mol. The highest BCUT2D eigenvalue weighted by Gasteiger charge is 2.09. The van der Waals surface area contributed by atoms with Crippen LogP contribution in [0.3, 0.4) is 0 Å². The van der Waals surface area contributed by atoms with Crippen molar-refractivity contribution in [3.8, 4) is 0 Å². The van der Waals surface area contributed by atoms with E-state index < -0.39 is 0 Å². The third-order valence-corrected chi connectivity index (χ3v) is 5.21. The molecule has 3 aromatic rings. The topological polar surface area (TPSA) is 42.0 Å². The molecule has 3 rings (SSSR count). The van der Waals surface area contributed by atoms with Crippen molar-refractivity contribution in [3.05, 3.63) is 66.5 Å². The largest absolute Gasteiger partial charge is 0.322 e. The van der Waals surface area contributed by atoms with Crippen LogP contribution in [-0.4, -0.2) is 16.6 Å². The molecule has 0 aliphatic heterocycles. The first-order valence-electron chi connectivity index (χ1n) is 6.87. The van der Waals surface area contributed by atoms with Crippen LogP contribution in [0.5, 0.6) is 0 Å². The second-order valence-electron chi connectivity index (χ2n) is 4.72. The second-order valence-corrected chi connectivity index (χ2v) is 7.02. The molecule has 0 atom stereocenters. The van der Waals surface area contributed by atoms with E-state index in [1.165, 1.54) is 24.3 Å². The van der Waals surface area contributed by atoms with Crippen LogP contribution in [-0.2, 0) is 0 Å². The Morgan fingerprint density at radius 1 is 1.30 bits per heavy atom. The maximum atomic E-state index is 12.9. The predicted octanol–water partition coefficient (Wildman–Crippen LogP) is 4.97.